The molecule has 0 amide bonds. The molecule has 0 unspecified atom stereocenters. The second-order valence-electron chi connectivity index (χ2n) is 3.60. The number of ether oxygens (including phenoxy) is 1. The van der Waals surface area contributed by atoms with E-state index in [1.54, 1.807) is 7.05 Å². The summed E-state index contributed by atoms with van der Waals surface area (Å²) in [6.45, 7) is 4.28. The van der Waals surface area contributed by atoms with Crippen molar-refractivity contribution in [1.82, 2.24) is 9.97 Å². The lowest BCUT2D eigenvalue weighted by atomic mass is 10.2. The molecule has 0 saturated heterocycles. The van der Waals surface area contributed by atoms with Gasteiger partial charge in [0.05, 0.1) is 11.5 Å². The standard InChI is InChI=1S/C9H14N4O3/c1-6(2)5-16-8-7(13(14)15)4-11-9(10-3)12-8/h4,6H,5H2,1-3H3,(H,10,11,12). The lowest BCUT2D eigenvalue weighted by molar-refractivity contribution is -0.386. The molecule has 0 aliphatic heterocycles. The van der Waals surface area contributed by atoms with Crippen LogP contribution in [0, 0.1) is 16.0 Å². The summed E-state index contributed by atoms with van der Waals surface area (Å²) in [6, 6.07) is 0. The first-order valence-electron chi connectivity index (χ1n) is 4.86. The van der Waals surface area contributed by atoms with Crippen molar-refractivity contribution >= 4 is 11.6 Å². The number of anilines is 1. The van der Waals surface area contributed by atoms with Gasteiger partial charge in [-0.15, -0.1) is 0 Å². The maximum Gasteiger partial charge on any atom is 0.349 e. The summed E-state index contributed by atoms with van der Waals surface area (Å²) < 4.78 is 5.27. The number of nitrogens with one attached hydrogen (secondary N) is 1. The Morgan fingerprint density at radius 3 is 2.81 bits per heavy atom. The molecule has 0 fully saturated rings. The van der Waals surface area contributed by atoms with Gasteiger partial charge in [0.15, 0.2) is 0 Å². The van der Waals surface area contributed by atoms with E-state index in [0.717, 1.165) is 6.20 Å². The van der Waals surface area contributed by atoms with Gasteiger partial charge >= 0.3 is 5.69 Å². The molecule has 0 aliphatic carbocycles. The molecule has 0 spiro atoms. The summed E-state index contributed by atoms with van der Waals surface area (Å²) in [6.07, 6.45) is 1.13. The highest BCUT2D eigenvalue weighted by atomic mass is 16.6. The molecule has 7 heteroatoms. The molecule has 1 N–H and O–H groups in total. The van der Waals surface area contributed by atoms with Gasteiger partial charge in [-0.1, -0.05) is 13.8 Å². The summed E-state index contributed by atoms with van der Waals surface area (Å²) in [4.78, 5) is 17.8. The fraction of sp³-hybridized carbons (Fsp3) is 0.556. The molecule has 0 bridgehead atoms. The Balaban J connectivity index is 2.96. The van der Waals surface area contributed by atoms with Crippen LogP contribution in [0.1, 0.15) is 13.8 Å². The first-order valence-corrected chi connectivity index (χ1v) is 4.86. The van der Waals surface area contributed by atoms with E-state index in [1.165, 1.54) is 0 Å². The lowest BCUT2D eigenvalue weighted by Gasteiger charge is -2.08. The van der Waals surface area contributed by atoms with Crippen molar-refractivity contribution < 1.29 is 9.66 Å². The Hall–Kier alpha value is -1.92. The summed E-state index contributed by atoms with van der Waals surface area (Å²) >= 11 is 0. The van der Waals surface area contributed by atoms with Crippen LogP contribution in [-0.2, 0) is 0 Å². The van der Waals surface area contributed by atoms with Crippen LogP contribution >= 0.6 is 0 Å². The molecular weight excluding hydrogens is 212 g/mol. The molecule has 0 saturated carbocycles. The summed E-state index contributed by atoms with van der Waals surface area (Å²) in [7, 11) is 1.63. The molecule has 0 radical (unpaired) electrons. The normalized spacial score (nSPS) is 10.2. The predicted octanol–water partition coefficient (Wildman–Crippen LogP) is 1.46. The van der Waals surface area contributed by atoms with Crippen LogP contribution in [0.15, 0.2) is 6.20 Å². The molecule has 16 heavy (non-hydrogen) atoms. The third-order valence-electron chi connectivity index (χ3n) is 1.71. The topological polar surface area (TPSA) is 90.2 Å². The van der Waals surface area contributed by atoms with Gasteiger partial charge in [-0.2, -0.15) is 4.98 Å². The van der Waals surface area contributed by atoms with Crippen molar-refractivity contribution in [3.63, 3.8) is 0 Å². The van der Waals surface area contributed by atoms with Gasteiger partial charge in [-0.3, -0.25) is 10.1 Å². The third-order valence-corrected chi connectivity index (χ3v) is 1.71. The van der Waals surface area contributed by atoms with Crippen LogP contribution in [-0.4, -0.2) is 28.5 Å². The van der Waals surface area contributed by atoms with E-state index < -0.39 is 4.92 Å². The summed E-state index contributed by atoms with van der Waals surface area (Å²) in [5.74, 6) is 0.565. The van der Waals surface area contributed by atoms with Crippen LogP contribution in [0.25, 0.3) is 0 Å². The largest absolute Gasteiger partial charge is 0.472 e. The average Bonchev–Trinajstić information content (AvgIpc) is 2.25. The molecule has 1 aromatic heterocycles. The second kappa shape index (κ2) is 5.24. The molecular formula is C9H14N4O3. The Kier molecular flexibility index (Phi) is 3.98. The summed E-state index contributed by atoms with van der Waals surface area (Å²) in [5, 5.41) is 13.4. The zero-order chi connectivity index (χ0) is 12.1. The molecule has 0 aromatic carbocycles. The first kappa shape index (κ1) is 12.2. The lowest BCUT2D eigenvalue weighted by Crippen LogP contribution is -2.09. The monoisotopic (exact) mass is 226 g/mol. The van der Waals surface area contributed by atoms with Crippen molar-refractivity contribution in [3.8, 4) is 5.88 Å². The van der Waals surface area contributed by atoms with E-state index in [2.05, 4.69) is 15.3 Å². The maximum absolute atomic E-state index is 10.7. The van der Waals surface area contributed by atoms with E-state index in [0.29, 0.717) is 12.6 Å². The highest BCUT2D eigenvalue weighted by Crippen LogP contribution is 2.24. The zero-order valence-electron chi connectivity index (χ0n) is 9.43. The van der Waals surface area contributed by atoms with Crippen molar-refractivity contribution in [2.75, 3.05) is 19.0 Å². The van der Waals surface area contributed by atoms with E-state index in [4.69, 9.17) is 4.74 Å². The smallest absolute Gasteiger partial charge is 0.349 e. The number of nitrogens with zero attached hydrogens (tertiary/aromatic N) is 3. The highest BCUT2D eigenvalue weighted by Gasteiger charge is 2.18. The van der Waals surface area contributed by atoms with Gasteiger partial charge in [0.2, 0.25) is 5.95 Å². The molecule has 7 nitrogen and oxygen atoms in total. The Morgan fingerprint density at radius 1 is 1.62 bits per heavy atom. The number of hydrogen-bond acceptors (Lipinski definition) is 6. The fourth-order valence-electron chi connectivity index (χ4n) is 0.957. The Bertz CT molecular complexity index is 381. The van der Waals surface area contributed by atoms with Gasteiger partial charge in [0, 0.05) is 7.05 Å². The molecule has 1 aromatic rings. The Morgan fingerprint density at radius 2 is 2.31 bits per heavy atom. The third kappa shape index (κ3) is 3.04. The van der Waals surface area contributed by atoms with Gasteiger partial charge in [0.25, 0.3) is 5.88 Å². The fourth-order valence-corrected chi connectivity index (χ4v) is 0.957. The minimum atomic E-state index is -0.560. The van der Waals surface area contributed by atoms with Crippen molar-refractivity contribution in [2.24, 2.45) is 5.92 Å². The number of hydrogen-bond donors (Lipinski definition) is 1. The zero-order valence-corrected chi connectivity index (χ0v) is 9.43. The molecule has 0 atom stereocenters. The van der Waals surface area contributed by atoms with Gasteiger partial charge in [-0.05, 0) is 5.92 Å². The van der Waals surface area contributed by atoms with Crippen LogP contribution in [0.5, 0.6) is 5.88 Å². The van der Waals surface area contributed by atoms with Gasteiger partial charge in [-0.25, -0.2) is 4.98 Å². The average molecular weight is 226 g/mol. The maximum atomic E-state index is 10.7. The minimum absolute atomic E-state index is 0.00181. The van der Waals surface area contributed by atoms with E-state index in [-0.39, 0.29) is 17.5 Å². The van der Waals surface area contributed by atoms with Crippen molar-refractivity contribution in [1.29, 1.82) is 0 Å². The summed E-state index contributed by atoms with van der Waals surface area (Å²) in [5.41, 5.74) is -0.223. The molecule has 1 heterocycles. The molecule has 0 aliphatic rings. The quantitative estimate of drug-likeness (QED) is 0.603. The van der Waals surface area contributed by atoms with Gasteiger partial charge in [0.1, 0.15) is 6.20 Å². The first-order chi connectivity index (χ1) is 7.54. The van der Waals surface area contributed by atoms with Gasteiger partial charge < -0.3 is 10.1 Å². The van der Waals surface area contributed by atoms with E-state index >= 15 is 0 Å². The van der Waals surface area contributed by atoms with Crippen LogP contribution < -0.4 is 10.1 Å². The second-order valence-corrected chi connectivity index (χ2v) is 3.60. The minimum Gasteiger partial charge on any atom is -0.472 e. The molecule has 88 valence electrons. The number of aromatic nitrogens is 2. The SMILES string of the molecule is CNc1ncc([N+](=O)[O-])c(OCC(C)C)n1. The number of nitro groups is 1. The number of rotatable bonds is 5. The predicted molar refractivity (Wildman–Crippen MR) is 58.6 cm³/mol. The van der Waals surface area contributed by atoms with Crippen molar-refractivity contribution in [2.45, 2.75) is 13.8 Å². The van der Waals surface area contributed by atoms with E-state index in [1.807, 2.05) is 13.8 Å². The van der Waals surface area contributed by atoms with Crippen molar-refractivity contribution in [3.05, 3.63) is 16.3 Å². The van der Waals surface area contributed by atoms with Crippen LogP contribution in [0.3, 0.4) is 0 Å². The Labute approximate surface area is 93.0 Å². The van der Waals surface area contributed by atoms with E-state index in [9.17, 15) is 10.1 Å². The van der Waals surface area contributed by atoms with Crippen LogP contribution in [0.4, 0.5) is 11.6 Å². The van der Waals surface area contributed by atoms with Crippen LogP contribution in [0.2, 0.25) is 0 Å². The highest BCUT2D eigenvalue weighted by molar-refractivity contribution is 5.42. The molecule has 1 rings (SSSR count).